The topological polar surface area (TPSA) is 35.8 Å². The second-order valence-electron chi connectivity index (χ2n) is 5.13. The van der Waals surface area contributed by atoms with Crippen LogP contribution in [0, 0.1) is 17.1 Å². The van der Waals surface area contributed by atoms with Gasteiger partial charge in [0.15, 0.2) is 0 Å². The van der Waals surface area contributed by atoms with Gasteiger partial charge in [-0.15, -0.1) is 0 Å². The first-order valence-electron chi connectivity index (χ1n) is 6.83. The minimum atomic E-state index is -0.460. The van der Waals surface area contributed by atoms with E-state index in [1.54, 1.807) is 18.2 Å². The Kier molecular flexibility index (Phi) is 5.42. The summed E-state index contributed by atoms with van der Waals surface area (Å²) in [6.07, 6.45) is 0. The Hall–Kier alpha value is -1.60. The molecule has 2 aromatic rings. The smallest absolute Gasteiger partial charge is 0.146 e. The Morgan fingerprint density at radius 1 is 1.09 bits per heavy atom. The van der Waals surface area contributed by atoms with Crippen molar-refractivity contribution in [2.75, 3.05) is 0 Å². The monoisotopic (exact) mass is 336 g/mol. The molecule has 2 rings (SSSR count). The van der Waals surface area contributed by atoms with Crippen molar-refractivity contribution in [3.63, 3.8) is 0 Å². The first-order valence-corrected chi connectivity index (χ1v) is 7.58. The Labute approximate surface area is 139 Å². The molecular weight excluding hydrogens is 322 g/mol. The van der Waals surface area contributed by atoms with Gasteiger partial charge in [-0.3, -0.25) is 0 Å². The molecule has 0 spiro atoms. The first kappa shape index (κ1) is 16.8. The molecule has 0 saturated carbocycles. The number of hydrogen-bond donors (Lipinski definition) is 1. The van der Waals surface area contributed by atoms with Crippen LogP contribution in [-0.4, -0.2) is 0 Å². The number of nitriles is 1. The van der Waals surface area contributed by atoms with Crippen molar-refractivity contribution < 1.29 is 4.39 Å². The van der Waals surface area contributed by atoms with Crippen LogP contribution >= 0.6 is 23.2 Å². The van der Waals surface area contributed by atoms with E-state index in [9.17, 15) is 4.39 Å². The molecule has 0 amide bonds. The summed E-state index contributed by atoms with van der Waals surface area (Å²) < 4.78 is 14.1. The molecule has 0 heterocycles. The summed E-state index contributed by atoms with van der Waals surface area (Å²) in [5.74, 6) is -0.460. The van der Waals surface area contributed by atoms with E-state index in [1.165, 1.54) is 6.07 Å². The lowest BCUT2D eigenvalue weighted by molar-refractivity contribution is 0.474. The van der Waals surface area contributed by atoms with E-state index in [0.29, 0.717) is 16.1 Å². The lowest BCUT2D eigenvalue weighted by atomic mass is 10.0. The second kappa shape index (κ2) is 7.11. The largest absolute Gasteiger partial charge is 0.304 e. The minimum absolute atomic E-state index is 0.0140. The van der Waals surface area contributed by atoms with Crippen LogP contribution in [0.1, 0.15) is 42.6 Å². The predicted octanol–water partition coefficient (Wildman–Crippen LogP) is 5.42. The molecule has 5 heteroatoms. The molecule has 22 heavy (non-hydrogen) atoms. The molecule has 114 valence electrons. The van der Waals surface area contributed by atoms with Gasteiger partial charge in [0.25, 0.3) is 0 Å². The third-order valence-corrected chi connectivity index (χ3v) is 4.02. The standard InChI is InChI=1S/C17H15Cl2FN2/c1-10(13-5-3-12(9-21)4-6-13)22-11(2)15-7-14(18)8-16(19)17(15)20/h3-8,10-11,22H,1-2H3. The summed E-state index contributed by atoms with van der Waals surface area (Å²) in [7, 11) is 0. The molecule has 0 radical (unpaired) electrons. The molecule has 0 fully saturated rings. The van der Waals surface area contributed by atoms with Crippen LogP contribution in [-0.2, 0) is 0 Å². The van der Waals surface area contributed by atoms with E-state index in [0.717, 1.165) is 5.56 Å². The van der Waals surface area contributed by atoms with Crippen LogP contribution in [0.2, 0.25) is 10.0 Å². The zero-order valence-corrected chi connectivity index (χ0v) is 13.7. The fraction of sp³-hybridized carbons (Fsp3) is 0.235. The van der Waals surface area contributed by atoms with Crippen molar-refractivity contribution in [1.82, 2.24) is 5.32 Å². The maximum Gasteiger partial charge on any atom is 0.146 e. The Morgan fingerprint density at radius 3 is 2.32 bits per heavy atom. The van der Waals surface area contributed by atoms with Gasteiger partial charge in [0.05, 0.1) is 16.7 Å². The quantitative estimate of drug-likeness (QED) is 0.757. The Morgan fingerprint density at radius 2 is 1.73 bits per heavy atom. The van der Waals surface area contributed by atoms with Crippen molar-refractivity contribution in [2.24, 2.45) is 0 Å². The summed E-state index contributed by atoms with van der Waals surface area (Å²) in [5, 5.41) is 12.5. The van der Waals surface area contributed by atoms with Crippen molar-refractivity contribution >= 4 is 23.2 Å². The second-order valence-corrected chi connectivity index (χ2v) is 5.98. The van der Waals surface area contributed by atoms with E-state index in [2.05, 4.69) is 11.4 Å². The highest BCUT2D eigenvalue weighted by atomic mass is 35.5. The molecule has 2 unspecified atom stereocenters. The number of benzene rings is 2. The van der Waals surface area contributed by atoms with Crippen molar-refractivity contribution in [1.29, 1.82) is 5.26 Å². The van der Waals surface area contributed by atoms with Gasteiger partial charge in [-0.2, -0.15) is 5.26 Å². The van der Waals surface area contributed by atoms with Crippen LogP contribution in [0.3, 0.4) is 0 Å². The molecule has 0 aromatic heterocycles. The van der Waals surface area contributed by atoms with Crippen molar-refractivity contribution in [3.05, 3.63) is 69.0 Å². The van der Waals surface area contributed by atoms with Gasteiger partial charge in [-0.1, -0.05) is 35.3 Å². The van der Waals surface area contributed by atoms with Crippen molar-refractivity contribution in [2.45, 2.75) is 25.9 Å². The average molecular weight is 337 g/mol. The molecule has 0 aliphatic heterocycles. The number of hydrogen-bond acceptors (Lipinski definition) is 2. The van der Waals surface area contributed by atoms with E-state index >= 15 is 0 Å². The number of nitrogens with zero attached hydrogens (tertiary/aromatic N) is 1. The first-order chi connectivity index (χ1) is 10.4. The van der Waals surface area contributed by atoms with Gasteiger partial charge >= 0.3 is 0 Å². The Bertz CT molecular complexity index is 708. The van der Waals surface area contributed by atoms with Gasteiger partial charge < -0.3 is 5.32 Å². The van der Waals surface area contributed by atoms with Crippen LogP contribution in [0.4, 0.5) is 4.39 Å². The van der Waals surface area contributed by atoms with E-state index < -0.39 is 5.82 Å². The van der Waals surface area contributed by atoms with E-state index in [4.69, 9.17) is 28.5 Å². The third-order valence-electron chi connectivity index (χ3n) is 3.53. The van der Waals surface area contributed by atoms with Gasteiger partial charge in [-0.05, 0) is 43.7 Å². The van der Waals surface area contributed by atoms with Gasteiger partial charge in [-0.25, -0.2) is 4.39 Å². The zero-order chi connectivity index (χ0) is 16.3. The molecule has 2 nitrogen and oxygen atoms in total. The summed E-state index contributed by atoms with van der Waals surface area (Å²) in [5.41, 5.74) is 2.05. The summed E-state index contributed by atoms with van der Waals surface area (Å²) >= 11 is 11.8. The van der Waals surface area contributed by atoms with Gasteiger partial charge in [0.1, 0.15) is 5.82 Å². The normalized spacial score (nSPS) is 13.5. The van der Waals surface area contributed by atoms with Gasteiger partial charge in [0, 0.05) is 22.7 Å². The SMILES string of the molecule is CC(NC(C)c1cc(Cl)cc(Cl)c1F)c1ccc(C#N)cc1. The summed E-state index contributed by atoms with van der Waals surface area (Å²) in [6, 6.07) is 12.0. The highest BCUT2D eigenvalue weighted by Crippen LogP contribution is 2.29. The maximum atomic E-state index is 14.1. The highest BCUT2D eigenvalue weighted by Gasteiger charge is 2.17. The van der Waals surface area contributed by atoms with Gasteiger partial charge in [0.2, 0.25) is 0 Å². The molecule has 1 N–H and O–H groups in total. The minimum Gasteiger partial charge on any atom is -0.304 e. The Balaban J connectivity index is 2.17. The predicted molar refractivity (Wildman–Crippen MR) is 87.5 cm³/mol. The fourth-order valence-corrected chi connectivity index (χ4v) is 2.81. The number of rotatable bonds is 4. The molecule has 2 atom stereocenters. The molecule has 0 aliphatic rings. The highest BCUT2D eigenvalue weighted by molar-refractivity contribution is 6.34. The summed E-state index contributed by atoms with van der Waals surface area (Å²) in [6.45, 7) is 3.83. The summed E-state index contributed by atoms with van der Waals surface area (Å²) in [4.78, 5) is 0. The molecular formula is C17H15Cl2FN2. The third kappa shape index (κ3) is 3.78. The lowest BCUT2D eigenvalue weighted by Gasteiger charge is -2.21. The number of nitrogens with one attached hydrogen (secondary N) is 1. The van der Waals surface area contributed by atoms with Crippen molar-refractivity contribution in [3.8, 4) is 6.07 Å². The molecule has 0 saturated heterocycles. The zero-order valence-electron chi connectivity index (χ0n) is 12.2. The van der Waals surface area contributed by atoms with E-state index in [1.807, 2.05) is 26.0 Å². The molecule has 0 aliphatic carbocycles. The van der Waals surface area contributed by atoms with Crippen LogP contribution in [0.15, 0.2) is 36.4 Å². The molecule has 0 bridgehead atoms. The van der Waals surface area contributed by atoms with Crippen LogP contribution < -0.4 is 5.32 Å². The lowest BCUT2D eigenvalue weighted by Crippen LogP contribution is -2.23. The van der Waals surface area contributed by atoms with Crippen LogP contribution in [0.25, 0.3) is 0 Å². The van der Waals surface area contributed by atoms with Crippen LogP contribution in [0.5, 0.6) is 0 Å². The fourth-order valence-electron chi connectivity index (χ4n) is 2.30. The van der Waals surface area contributed by atoms with E-state index in [-0.39, 0.29) is 17.1 Å². The maximum absolute atomic E-state index is 14.1. The average Bonchev–Trinajstić information content (AvgIpc) is 2.50. The molecule has 2 aromatic carbocycles. The number of halogens is 3.